The molecule has 20 heavy (non-hydrogen) atoms. The molecular formula is C16H22BrNO2. The second-order valence-electron chi connectivity index (χ2n) is 5.81. The Bertz CT molecular complexity index is 466. The molecular weight excluding hydrogens is 318 g/mol. The minimum atomic E-state index is -0.365. The minimum Gasteiger partial charge on any atom is -0.393 e. The van der Waals surface area contributed by atoms with E-state index in [0.29, 0.717) is 13.0 Å². The number of benzene rings is 1. The van der Waals surface area contributed by atoms with Gasteiger partial charge >= 0.3 is 0 Å². The van der Waals surface area contributed by atoms with Crippen molar-refractivity contribution < 1.29 is 9.90 Å². The van der Waals surface area contributed by atoms with Gasteiger partial charge in [0.1, 0.15) is 0 Å². The third kappa shape index (κ3) is 3.07. The SMILES string of the molecule is CC(O)CCN(C)C(=O)C1(c2ccc(Br)cc2)CCC1. The van der Waals surface area contributed by atoms with Crippen LogP contribution in [0.4, 0.5) is 0 Å². The van der Waals surface area contributed by atoms with Gasteiger partial charge in [0.15, 0.2) is 0 Å². The van der Waals surface area contributed by atoms with E-state index in [2.05, 4.69) is 15.9 Å². The van der Waals surface area contributed by atoms with Gasteiger partial charge in [-0.15, -0.1) is 0 Å². The van der Waals surface area contributed by atoms with Crippen LogP contribution in [0.1, 0.15) is 38.2 Å². The van der Waals surface area contributed by atoms with Crippen LogP contribution in [-0.4, -0.2) is 35.6 Å². The molecule has 3 nitrogen and oxygen atoms in total. The number of amides is 1. The summed E-state index contributed by atoms with van der Waals surface area (Å²) in [6.07, 6.45) is 3.21. The Balaban J connectivity index is 2.14. The predicted octanol–water partition coefficient (Wildman–Crippen LogP) is 3.10. The zero-order valence-corrected chi connectivity index (χ0v) is 13.7. The van der Waals surface area contributed by atoms with E-state index >= 15 is 0 Å². The van der Waals surface area contributed by atoms with E-state index in [1.54, 1.807) is 11.8 Å². The van der Waals surface area contributed by atoms with Gasteiger partial charge in [-0.25, -0.2) is 0 Å². The van der Waals surface area contributed by atoms with Crippen molar-refractivity contribution in [2.75, 3.05) is 13.6 Å². The summed E-state index contributed by atoms with van der Waals surface area (Å²) in [5.74, 6) is 0.187. The maximum Gasteiger partial charge on any atom is 0.232 e. The summed E-state index contributed by atoms with van der Waals surface area (Å²) in [7, 11) is 1.84. The number of hydrogen-bond acceptors (Lipinski definition) is 2. The molecule has 1 fully saturated rings. The zero-order chi connectivity index (χ0) is 14.8. The number of carbonyl (C=O) groups is 1. The van der Waals surface area contributed by atoms with Gasteiger partial charge in [0.05, 0.1) is 11.5 Å². The number of aliphatic hydroxyl groups excluding tert-OH is 1. The predicted molar refractivity (Wildman–Crippen MR) is 83.6 cm³/mol. The van der Waals surface area contributed by atoms with Gasteiger partial charge in [0, 0.05) is 18.1 Å². The van der Waals surface area contributed by atoms with Crippen molar-refractivity contribution in [1.29, 1.82) is 0 Å². The van der Waals surface area contributed by atoms with Gasteiger partial charge in [-0.1, -0.05) is 34.5 Å². The highest BCUT2D eigenvalue weighted by molar-refractivity contribution is 9.10. The average molecular weight is 340 g/mol. The van der Waals surface area contributed by atoms with Crippen LogP contribution in [0, 0.1) is 0 Å². The molecule has 1 amide bonds. The van der Waals surface area contributed by atoms with Gasteiger partial charge in [0.25, 0.3) is 0 Å². The van der Waals surface area contributed by atoms with E-state index in [1.807, 2.05) is 31.3 Å². The van der Waals surface area contributed by atoms with Crippen molar-refractivity contribution >= 4 is 21.8 Å². The molecule has 0 radical (unpaired) electrons. The van der Waals surface area contributed by atoms with Crippen LogP contribution < -0.4 is 0 Å². The Morgan fingerprint density at radius 1 is 1.40 bits per heavy atom. The highest BCUT2D eigenvalue weighted by Gasteiger charge is 2.46. The maximum absolute atomic E-state index is 12.8. The number of halogens is 1. The van der Waals surface area contributed by atoms with Crippen molar-refractivity contribution in [3.05, 3.63) is 34.3 Å². The Kier molecular flexibility index (Phi) is 4.86. The third-order valence-electron chi connectivity index (χ3n) is 4.24. The Hall–Kier alpha value is -0.870. The number of hydrogen-bond donors (Lipinski definition) is 1. The highest BCUT2D eigenvalue weighted by Crippen LogP contribution is 2.45. The lowest BCUT2D eigenvalue weighted by atomic mass is 9.63. The first-order chi connectivity index (χ1) is 9.45. The quantitative estimate of drug-likeness (QED) is 0.895. The molecule has 1 atom stereocenters. The van der Waals surface area contributed by atoms with Crippen LogP contribution in [0.25, 0.3) is 0 Å². The number of likely N-dealkylation sites (N-methyl/N-ethyl adjacent to an activating group) is 1. The molecule has 0 aliphatic heterocycles. The van der Waals surface area contributed by atoms with E-state index in [-0.39, 0.29) is 17.4 Å². The monoisotopic (exact) mass is 339 g/mol. The van der Waals surface area contributed by atoms with E-state index in [9.17, 15) is 9.90 Å². The lowest BCUT2D eigenvalue weighted by molar-refractivity contribution is -0.139. The van der Waals surface area contributed by atoms with E-state index in [4.69, 9.17) is 0 Å². The number of rotatable bonds is 5. The van der Waals surface area contributed by atoms with Crippen LogP contribution >= 0.6 is 15.9 Å². The summed E-state index contributed by atoms with van der Waals surface area (Å²) in [5.41, 5.74) is 0.773. The summed E-state index contributed by atoms with van der Waals surface area (Å²) in [6.45, 7) is 2.36. The molecule has 0 saturated heterocycles. The Morgan fingerprint density at radius 3 is 2.45 bits per heavy atom. The lowest BCUT2D eigenvalue weighted by Crippen LogP contribution is -2.50. The molecule has 1 aromatic carbocycles. The molecule has 0 aromatic heterocycles. The minimum absolute atomic E-state index is 0.187. The molecule has 0 heterocycles. The molecule has 0 spiro atoms. The van der Waals surface area contributed by atoms with Gasteiger partial charge in [-0.2, -0.15) is 0 Å². The van der Waals surface area contributed by atoms with Gasteiger partial charge in [0.2, 0.25) is 5.91 Å². The average Bonchev–Trinajstić information content (AvgIpc) is 2.36. The van der Waals surface area contributed by atoms with E-state index in [1.165, 1.54) is 0 Å². The smallest absolute Gasteiger partial charge is 0.232 e. The van der Waals surface area contributed by atoms with Crippen LogP contribution in [-0.2, 0) is 10.2 Å². The Morgan fingerprint density at radius 2 is 2.00 bits per heavy atom. The lowest BCUT2D eigenvalue weighted by Gasteiger charge is -2.43. The topological polar surface area (TPSA) is 40.5 Å². The first-order valence-electron chi connectivity index (χ1n) is 7.15. The van der Waals surface area contributed by atoms with E-state index in [0.717, 1.165) is 29.3 Å². The van der Waals surface area contributed by atoms with Gasteiger partial charge in [-0.3, -0.25) is 4.79 Å². The van der Waals surface area contributed by atoms with Crippen LogP contribution in [0.3, 0.4) is 0 Å². The van der Waals surface area contributed by atoms with Crippen molar-refractivity contribution in [3.63, 3.8) is 0 Å². The molecule has 1 aromatic rings. The summed E-state index contributed by atoms with van der Waals surface area (Å²) in [5, 5.41) is 9.36. The first-order valence-corrected chi connectivity index (χ1v) is 7.95. The third-order valence-corrected chi connectivity index (χ3v) is 4.77. The number of aliphatic hydroxyl groups is 1. The molecule has 1 unspecified atom stereocenters. The highest BCUT2D eigenvalue weighted by atomic mass is 79.9. The number of carbonyl (C=O) groups excluding carboxylic acids is 1. The number of nitrogens with zero attached hydrogens (tertiary/aromatic N) is 1. The molecule has 1 aliphatic carbocycles. The Labute approximate surface area is 129 Å². The van der Waals surface area contributed by atoms with E-state index < -0.39 is 0 Å². The molecule has 0 bridgehead atoms. The van der Waals surface area contributed by atoms with Crippen LogP contribution in [0.5, 0.6) is 0 Å². The normalized spacial score (nSPS) is 18.2. The molecule has 4 heteroatoms. The standard InChI is InChI=1S/C16H22BrNO2/c1-12(19)8-11-18(2)15(20)16(9-3-10-16)13-4-6-14(17)7-5-13/h4-7,12,19H,3,8-11H2,1-2H3. The molecule has 110 valence electrons. The summed E-state index contributed by atoms with van der Waals surface area (Å²) >= 11 is 3.44. The van der Waals surface area contributed by atoms with Gasteiger partial charge < -0.3 is 10.0 Å². The van der Waals surface area contributed by atoms with Crippen LogP contribution in [0.2, 0.25) is 0 Å². The fourth-order valence-electron chi connectivity index (χ4n) is 2.77. The maximum atomic E-state index is 12.8. The largest absolute Gasteiger partial charge is 0.393 e. The first kappa shape index (κ1) is 15.5. The van der Waals surface area contributed by atoms with Gasteiger partial charge in [-0.05, 0) is 43.9 Å². The second-order valence-corrected chi connectivity index (χ2v) is 6.72. The summed E-state index contributed by atoms with van der Waals surface area (Å²) in [4.78, 5) is 14.5. The second kappa shape index (κ2) is 6.27. The van der Waals surface area contributed by atoms with Crippen molar-refractivity contribution in [2.24, 2.45) is 0 Å². The molecule has 1 N–H and O–H groups in total. The fraction of sp³-hybridized carbons (Fsp3) is 0.562. The molecule has 1 saturated carbocycles. The van der Waals surface area contributed by atoms with Crippen molar-refractivity contribution in [2.45, 2.75) is 44.1 Å². The summed E-state index contributed by atoms with van der Waals surface area (Å²) in [6, 6.07) is 8.09. The molecule has 2 rings (SSSR count). The summed E-state index contributed by atoms with van der Waals surface area (Å²) < 4.78 is 1.03. The van der Waals surface area contributed by atoms with Crippen molar-refractivity contribution in [1.82, 2.24) is 4.90 Å². The molecule has 1 aliphatic rings. The zero-order valence-electron chi connectivity index (χ0n) is 12.1. The van der Waals surface area contributed by atoms with Crippen molar-refractivity contribution in [3.8, 4) is 0 Å². The van der Waals surface area contributed by atoms with Crippen LogP contribution in [0.15, 0.2) is 28.7 Å². The fourth-order valence-corrected chi connectivity index (χ4v) is 3.04.